The SMILES string of the molecule is CN=C(NCCc1cccc(C(=O)N(C)C)c1)NCc1ccc(-n2ccnc2C)nc1. The van der Waals surface area contributed by atoms with Crippen molar-refractivity contribution in [3.63, 3.8) is 0 Å². The Kier molecular flexibility index (Phi) is 7.37. The molecule has 0 unspecified atom stereocenters. The van der Waals surface area contributed by atoms with E-state index in [1.807, 2.05) is 60.3 Å². The highest BCUT2D eigenvalue weighted by molar-refractivity contribution is 5.94. The Morgan fingerprint density at radius 1 is 1.13 bits per heavy atom. The van der Waals surface area contributed by atoms with E-state index in [0.717, 1.165) is 35.1 Å². The van der Waals surface area contributed by atoms with Crippen LogP contribution in [-0.4, -0.2) is 59.0 Å². The molecule has 2 N–H and O–H groups in total. The Bertz CT molecular complexity index is 1040. The first-order valence-electron chi connectivity index (χ1n) is 10.2. The molecule has 162 valence electrons. The van der Waals surface area contributed by atoms with Gasteiger partial charge in [-0.3, -0.25) is 14.4 Å². The van der Waals surface area contributed by atoms with Gasteiger partial charge in [-0.1, -0.05) is 18.2 Å². The van der Waals surface area contributed by atoms with Crippen LogP contribution < -0.4 is 10.6 Å². The highest BCUT2D eigenvalue weighted by Crippen LogP contribution is 2.09. The van der Waals surface area contributed by atoms with E-state index in [0.29, 0.717) is 18.7 Å². The molecular formula is C23H29N7O. The summed E-state index contributed by atoms with van der Waals surface area (Å²) in [6.07, 6.45) is 6.30. The van der Waals surface area contributed by atoms with E-state index in [2.05, 4.69) is 25.6 Å². The number of carbonyl (C=O) groups excluding carboxylic acids is 1. The molecule has 0 aliphatic heterocycles. The number of hydrogen-bond donors (Lipinski definition) is 2. The summed E-state index contributed by atoms with van der Waals surface area (Å²) < 4.78 is 1.94. The predicted octanol–water partition coefficient (Wildman–Crippen LogP) is 2.19. The molecule has 1 aromatic carbocycles. The summed E-state index contributed by atoms with van der Waals surface area (Å²) in [7, 11) is 5.26. The number of nitrogens with one attached hydrogen (secondary N) is 2. The van der Waals surface area contributed by atoms with Gasteiger partial charge in [-0.2, -0.15) is 0 Å². The van der Waals surface area contributed by atoms with Crippen LogP contribution in [0.15, 0.2) is 60.0 Å². The van der Waals surface area contributed by atoms with E-state index in [4.69, 9.17) is 0 Å². The van der Waals surface area contributed by atoms with E-state index < -0.39 is 0 Å². The summed E-state index contributed by atoms with van der Waals surface area (Å²) in [6.45, 7) is 3.27. The number of carbonyl (C=O) groups is 1. The number of pyridine rings is 1. The lowest BCUT2D eigenvalue weighted by molar-refractivity contribution is 0.0827. The van der Waals surface area contributed by atoms with Crippen molar-refractivity contribution < 1.29 is 4.79 Å². The van der Waals surface area contributed by atoms with Crippen molar-refractivity contribution in [2.45, 2.75) is 19.9 Å². The van der Waals surface area contributed by atoms with Gasteiger partial charge in [0.15, 0.2) is 5.96 Å². The lowest BCUT2D eigenvalue weighted by Crippen LogP contribution is -2.37. The second-order valence-corrected chi connectivity index (χ2v) is 7.37. The quantitative estimate of drug-likeness (QED) is 0.453. The van der Waals surface area contributed by atoms with Crippen molar-refractivity contribution in [1.82, 2.24) is 30.1 Å². The van der Waals surface area contributed by atoms with Crippen LogP contribution in [0.3, 0.4) is 0 Å². The molecule has 0 fully saturated rings. The Hall–Kier alpha value is -3.68. The normalized spacial score (nSPS) is 11.3. The summed E-state index contributed by atoms with van der Waals surface area (Å²) in [5, 5.41) is 6.61. The Balaban J connectivity index is 1.49. The van der Waals surface area contributed by atoms with Crippen LogP contribution in [0.5, 0.6) is 0 Å². The van der Waals surface area contributed by atoms with Crippen molar-refractivity contribution in [2.75, 3.05) is 27.7 Å². The Morgan fingerprint density at radius 2 is 1.97 bits per heavy atom. The smallest absolute Gasteiger partial charge is 0.253 e. The molecule has 0 saturated carbocycles. The zero-order chi connectivity index (χ0) is 22.2. The van der Waals surface area contributed by atoms with Gasteiger partial charge in [-0.05, 0) is 42.7 Å². The van der Waals surface area contributed by atoms with Crippen molar-refractivity contribution in [3.05, 3.63) is 77.5 Å². The standard InChI is InChI=1S/C23H29N7O/c1-17-25-12-13-30(17)21-9-8-19(15-27-21)16-28-23(24-2)26-11-10-18-6-5-7-20(14-18)22(31)29(3)4/h5-9,12-15H,10-11,16H2,1-4H3,(H2,24,26,28). The number of aliphatic imine (C=N–C) groups is 1. The number of aromatic nitrogens is 3. The zero-order valence-electron chi connectivity index (χ0n) is 18.5. The average Bonchev–Trinajstić information content (AvgIpc) is 3.22. The van der Waals surface area contributed by atoms with E-state index in [-0.39, 0.29) is 5.91 Å². The number of amides is 1. The summed E-state index contributed by atoms with van der Waals surface area (Å²) in [6, 6.07) is 11.7. The summed E-state index contributed by atoms with van der Waals surface area (Å²) in [5.41, 5.74) is 2.86. The molecule has 0 spiro atoms. The second-order valence-electron chi connectivity index (χ2n) is 7.37. The topological polar surface area (TPSA) is 87.4 Å². The van der Waals surface area contributed by atoms with E-state index >= 15 is 0 Å². The molecule has 1 amide bonds. The molecule has 0 aliphatic rings. The first-order valence-corrected chi connectivity index (χ1v) is 10.2. The molecule has 0 aliphatic carbocycles. The minimum atomic E-state index is 0.00936. The van der Waals surface area contributed by atoms with Gasteiger partial charge in [0.05, 0.1) is 0 Å². The van der Waals surface area contributed by atoms with Crippen molar-refractivity contribution >= 4 is 11.9 Å². The van der Waals surface area contributed by atoms with Crippen LogP contribution in [0.4, 0.5) is 0 Å². The van der Waals surface area contributed by atoms with Crippen LogP contribution in [0.25, 0.3) is 5.82 Å². The van der Waals surface area contributed by atoms with E-state index in [1.165, 1.54) is 0 Å². The van der Waals surface area contributed by atoms with Gasteiger partial charge in [0.25, 0.3) is 5.91 Å². The number of aryl methyl sites for hydroxylation is 1. The lowest BCUT2D eigenvalue weighted by Gasteiger charge is -2.13. The Labute approximate surface area is 183 Å². The number of imidazole rings is 1. The number of guanidine groups is 1. The molecule has 3 rings (SSSR count). The third-order valence-electron chi connectivity index (χ3n) is 4.85. The monoisotopic (exact) mass is 419 g/mol. The molecular weight excluding hydrogens is 390 g/mol. The van der Waals surface area contributed by atoms with E-state index in [1.54, 1.807) is 32.2 Å². The van der Waals surface area contributed by atoms with Gasteiger partial charge >= 0.3 is 0 Å². The van der Waals surface area contributed by atoms with Gasteiger partial charge in [0.1, 0.15) is 11.6 Å². The number of rotatable bonds is 7. The summed E-state index contributed by atoms with van der Waals surface area (Å²) in [4.78, 5) is 26.7. The van der Waals surface area contributed by atoms with Crippen molar-refractivity contribution in [1.29, 1.82) is 0 Å². The van der Waals surface area contributed by atoms with Crippen LogP contribution >= 0.6 is 0 Å². The van der Waals surface area contributed by atoms with Crippen LogP contribution in [-0.2, 0) is 13.0 Å². The third kappa shape index (κ3) is 5.91. The lowest BCUT2D eigenvalue weighted by atomic mass is 10.1. The molecule has 0 atom stereocenters. The molecule has 0 radical (unpaired) electrons. The van der Waals surface area contributed by atoms with Gasteiger partial charge in [0, 0.05) is 58.4 Å². The zero-order valence-corrected chi connectivity index (χ0v) is 18.5. The Morgan fingerprint density at radius 3 is 2.61 bits per heavy atom. The molecule has 0 saturated heterocycles. The predicted molar refractivity (Wildman–Crippen MR) is 122 cm³/mol. The largest absolute Gasteiger partial charge is 0.356 e. The van der Waals surface area contributed by atoms with Gasteiger partial charge in [-0.15, -0.1) is 0 Å². The molecule has 3 aromatic rings. The minimum absolute atomic E-state index is 0.00936. The first kappa shape index (κ1) is 22.0. The number of nitrogens with zero attached hydrogens (tertiary/aromatic N) is 5. The molecule has 31 heavy (non-hydrogen) atoms. The van der Waals surface area contributed by atoms with Crippen LogP contribution in [0.2, 0.25) is 0 Å². The number of benzene rings is 1. The molecule has 0 bridgehead atoms. The average molecular weight is 420 g/mol. The van der Waals surface area contributed by atoms with Crippen molar-refractivity contribution in [2.24, 2.45) is 4.99 Å². The highest BCUT2D eigenvalue weighted by atomic mass is 16.2. The van der Waals surface area contributed by atoms with Gasteiger partial charge < -0.3 is 15.5 Å². The molecule has 2 aromatic heterocycles. The second kappa shape index (κ2) is 10.4. The maximum absolute atomic E-state index is 12.1. The molecule has 8 nitrogen and oxygen atoms in total. The third-order valence-corrected chi connectivity index (χ3v) is 4.85. The fourth-order valence-electron chi connectivity index (χ4n) is 3.13. The maximum atomic E-state index is 12.1. The van der Waals surface area contributed by atoms with Crippen molar-refractivity contribution in [3.8, 4) is 5.82 Å². The fourth-order valence-corrected chi connectivity index (χ4v) is 3.13. The molecule has 2 heterocycles. The number of hydrogen-bond acceptors (Lipinski definition) is 4. The summed E-state index contributed by atoms with van der Waals surface area (Å²) >= 11 is 0. The van der Waals surface area contributed by atoms with Gasteiger partial charge in [0.2, 0.25) is 0 Å². The highest BCUT2D eigenvalue weighted by Gasteiger charge is 2.08. The summed E-state index contributed by atoms with van der Waals surface area (Å²) in [5.74, 6) is 2.47. The molecule has 8 heteroatoms. The van der Waals surface area contributed by atoms with Crippen LogP contribution in [0, 0.1) is 6.92 Å². The van der Waals surface area contributed by atoms with Gasteiger partial charge in [-0.25, -0.2) is 9.97 Å². The van der Waals surface area contributed by atoms with Crippen LogP contribution in [0.1, 0.15) is 27.3 Å². The fraction of sp³-hybridized carbons (Fsp3) is 0.304. The first-order chi connectivity index (χ1) is 15.0. The maximum Gasteiger partial charge on any atom is 0.253 e. The minimum Gasteiger partial charge on any atom is -0.356 e. The van der Waals surface area contributed by atoms with E-state index in [9.17, 15) is 4.79 Å².